The maximum Gasteiger partial charge on any atom is 0.108 e. The van der Waals surface area contributed by atoms with Gasteiger partial charge in [0.15, 0.2) is 0 Å². The fraction of sp³-hybridized carbons (Fsp3) is 0.923. The summed E-state index contributed by atoms with van der Waals surface area (Å²) >= 11 is 0. The van der Waals surface area contributed by atoms with Gasteiger partial charge in [-0.15, -0.1) is 0 Å². The SMILES string of the molecule is CNC(C#N)CN1CCCC2CCCCC21. The first-order valence-electron chi connectivity index (χ1n) is 6.66. The molecule has 0 aromatic carbocycles. The molecular weight excluding hydrogens is 198 g/mol. The van der Waals surface area contributed by atoms with E-state index in [1.807, 2.05) is 7.05 Å². The Morgan fingerprint density at radius 1 is 1.31 bits per heavy atom. The third-order valence-corrected chi connectivity index (χ3v) is 4.28. The summed E-state index contributed by atoms with van der Waals surface area (Å²) in [6.07, 6.45) is 8.31. The molecule has 16 heavy (non-hydrogen) atoms. The van der Waals surface area contributed by atoms with Gasteiger partial charge < -0.3 is 5.32 Å². The van der Waals surface area contributed by atoms with E-state index < -0.39 is 0 Å². The fourth-order valence-electron chi connectivity index (χ4n) is 3.39. The van der Waals surface area contributed by atoms with Gasteiger partial charge in [-0.1, -0.05) is 12.8 Å². The van der Waals surface area contributed by atoms with Crippen molar-refractivity contribution in [2.24, 2.45) is 5.92 Å². The fourth-order valence-corrected chi connectivity index (χ4v) is 3.39. The first-order valence-corrected chi connectivity index (χ1v) is 6.66. The molecule has 0 bridgehead atoms. The maximum atomic E-state index is 9.01. The monoisotopic (exact) mass is 221 g/mol. The van der Waals surface area contributed by atoms with Gasteiger partial charge in [0.05, 0.1) is 6.07 Å². The molecule has 2 aliphatic rings. The Morgan fingerprint density at radius 3 is 2.81 bits per heavy atom. The minimum Gasteiger partial charge on any atom is -0.304 e. The molecule has 3 atom stereocenters. The van der Waals surface area contributed by atoms with Gasteiger partial charge in [-0.2, -0.15) is 5.26 Å². The van der Waals surface area contributed by atoms with Crippen molar-refractivity contribution in [2.45, 2.75) is 50.6 Å². The molecule has 1 heterocycles. The highest BCUT2D eigenvalue weighted by atomic mass is 15.2. The van der Waals surface area contributed by atoms with Crippen LogP contribution in [-0.4, -0.2) is 37.1 Å². The molecule has 0 amide bonds. The summed E-state index contributed by atoms with van der Waals surface area (Å²) in [5, 5.41) is 12.1. The summed E-state index contributed by atoms with van der Waals surface area (Å²) in [6, 6.07) is 3.11. The highest BCUT2D eigenvalue weighted by Crippen LogP contribution is 2.35. The lowest BCUT2D eigenvalue weighted by Gasteiger charge is -2.44. The molecule has 2 rings (SSSR count). The second kappa shape index (κ2) is 5.65. The van der Waals surface area contributed by atoms with E-state index in [-0.39, 0.29) is 6.04 Å². The molecule has 1 N–H and O–H groups in total. The largest absolute Gasteiger partial charge is 0.304 e. The van der Waals surface area contributed by atoms with E-state index in [9.17, 15) is 0 Å². The predicted molar refractivity (Wildman–Crippen MR) is 65.0 cm³/mol. The van der Waals surface area contributed by atoms with Crippen molar-refractivity contribution in [1.29, 1.82) is 5.26 Å². The van der Waals surface area contributed by atoms with Crippen LogP contribution >= 0.6 is 0 Å². The van der Waals surface area contributed by atoms with E-state index in [0.717, 1.165) is 18.5 Å². The number of likely N-dealkylation sites (tertiary alicyclic amines) is 1. The van der Waals surface area contributed by atoms with E-state index in [2.05, 4.69) is 16.3 Å². The van der Waals surface area contributed by atoms with Gasteiger partial charge in [0.1, 0.15) is 6.04 Å². The Labute approximate surface area is 98.8 Å². The molecule has 90 valence electrons. The Balaban J connectivity index is 1.94. The lowest BCUT2D eigenvalue weighted by Crippen LogP contribution is -2.51. The van der Waals surface area contributed by atoms with Crippen molar-refractivity contribution in [3.63, 3.8) is 0 Å². The normalized spacial score (nSPS) is 32.8. The van der Waals surface area contributed by atoms with Crippen LogP contribution in [-0.2, 0) is 0 Å². The quantitative estimate of drug-likeness (QED) is 0.789. The first-order chi connectivity index (χ1) is 7.85. The first kappa shape index (κ1) is 11.9. The van der Waals surface area contributed by atoms with Crippen LogP contribution in [0.2, 0.25) is 0 Å². The standard InChI is InChI=1S/C13H23N3/c1-15-12(9-14)10-16-8-4-6-11-5-2-3-7-13(11)16/h11-13,15H,2-8,10H2,1H3. The van der Waals surface area contributed by atoms with Gasteiger partial charge in [0.2, 0.25) is 0 Å². The molecule has 1 aliphatic carbocycles. The van der Waals surface area contributed by atoms with Crippen molar-refractivity contribution in [1.82, 2.24) is 10.2 Å². The topological polar surface area (TPSA) is 39.1 Å². The number of piperidine rings is 1. The van der Waals surface area contributed by atoms with Crippen LogP contribution in [0.1, 0.15) is 38.5 Å². The minimum absolute atomic E-state index is 0.000626. The van der Waals surface area contributed by atoms with Crippen molar-refractivity contribution >= 4 is 0 Å². The summed E-state index contributed by atoms with van der Waals surface area (Å²) in [6.45, 7) is 2.11. The van der Waals surface area contributed by atoms with Crippen LogP contribution in [0, 0.1) is 17.2 Å². The minimum atomic E-state index is 0.000626. The molecular formula is C13H23N3. The molecule has 0 aromatic heterocycles. The predicted octanol–water partition coefficient (Wildman–Crippen LogP) is 1.75. The Hall–Kier alpha value is -0.590. The summed E-state index contributed by atoms with van der Waals surface area (Å²) in [7, 11) is 1.89. The highest BCUT2D eigenvalue weighted by molar-refractivity contribution is 4.95. The summed E-state index contributed by atoms with van der Waals surface area (Å²) in [5.74, 6) is 0.915. The average molecular weight is 221 g/mol. The second-order valence-corrected chi connectivity index (χ2v) is 5.22. The van der Waals surface area contributed by atoms with Crippen LogP contribution < -0.4 is 5.32 Å². The molecule has 3 unspecified atom stereocenters. The zero-order valence-electron chi connectivity index (χ0n) is 10.3. The number of hydrogen-bond acceptors (Lipinski definition) is 3. The molecule has 1 aliphatic heterocycles. The third-order valence-electron chi connectivity index (χ3n) is 4.28. The number of rotatable bonds is 3. The van der Waals surface area contributed by atoms with Gasteiger partial charge in [0, 0.05) is 12.6 Å². The molecule has 0 aromatic rings. The molecule has 0 radical (unpaired) electrons. The van der Waals surface area contributed by atoms with E-state index in [1.54, 1.807) is 0 Å². The van der Waals surface area contributed by atoms with Gasteiger partial charge in [-0.3, -0.25) is 4.90 Å². The molecule has 0 spiro atoms. The number of nitrogens with one attached hydrogen (secondary N) is 1. The van der Waals surface area contributed by atoms with E-state index in [4.69, 9.17) is 5.26 Å². The van der Waals surface area contributed by atoms with Crippen molar-refractivity contribution in [3.05, 3.63) is 0 Å². The number of likely N-dealkylation sites (N-methyl/N-ethyl adjacent to an activating group) is 1. The molecule has 2 fully saturated rings. The van der Waals surface area contributed by atoms with Gasteiger partial charge in [0.25, 0.3) is 0 Å². The van der Waals surface area contributed by atoms with Crippen LogP contribution in [0.3, 0.4) is 0 Å². The Morgan fingerprint density at radius 2 is 2.06 bits per heavy atom. The number of nitriles is 1. The lowest BCUT2D eigenvalue weighted by atomic mass is 9.78. The van der Waals surface area contributed by atoms with Gasteiger partial charge in [-0.25, -0.2) is 0 Å². The maximum absolute atomic E-state index is 9.01. The smallest absolute Gasteiger partial charge is 0.108 e. The summed E-state index contributed by atoms with van der Waals surface area (Å²) < 4.78 is 0. The van der Waals surface area contributed by atoms with E-state index in [0.29, 0.717) is 0 Å². The average Bonchev–Trinajstić information content (AvgIpc) is 2.36. The van der Waals surface area contributed by atoms with Crippen LogP contribution in [0.4, 0.5) is 0 Å². The van der Waals surface area contributed by atoms with Crippen LogP contribution in [0.25, 0.3) is 0 Å². The molecule has 1 saturated carbocycles. The highest BCUT2D eigenvalue weighted by Gasteiger charge is 2.33. The lowest BCUT2D eigenvalue weighted by molar-refractivity contribution is 0.0578. The summed E-state index contributed by atoms with van der Waals surface area (Å²) in [4.78, 5) is 2.57. The van der Waals surface area contributed by atoms with Gasteiger partial charge >= 0.3 is 0 Å². The van der Waals surface area contributed by atoms with Crippen molar-refractivity contribution in [3.8, 4) is 6.07 Å². The Bertz CT molecular complexity index is 256. The van der Waals surface area contributed by atoms with E-state index in [1.165, 1.54) is 45.1 Å². The van der Waals surface area contributed by atoms with Crippen LogP contribution in [0.15, 0.2) is 0 Å². The second-order valence-electron chi connectivity index (χ2n) is 5.22. The number of nitrogens with zero attached hydrogens (tertiary/aromatic N) is 2. The molecule has 3 heteroatoms. The van der Waals surface area contributed by atoms with Crippen molar-refractivity contribution < 1.29 is 0 Å². The molecule has 1 saturated heterocycles. The Kier molecular flexibility index (Phi) is 4.20. The molecule has 3 nitrogen and oxygen atoms in total. The zero-order chi connectivity index (χ0) is 11.4. The van der Waals surface area contributed by atoms with Gasteiger partial charge in [-0.05, 0) is 45.2 Å². The number of hydrogen-bond donors (Lipinski definition) is 1. The van der Waals surface area contributed by atoms with Crippen LogP contribution in [0.5, 0.6) is 0 Å². The third kappa shape index (κ3) is 2.56. The van der Waals surface area contributed by atoms with E-state index >= 15 is 0 Å². The zero-order valence-corrected chi connectivity index (χ0v) is 10.3. The summed E-state index contributed by atoms with van der Waals surface area (Å²) in [5.41, 5.74) is 0. The van der Waals surface area contributed by atoms with Crippen molar-refractivity contribution in [2.75, 3.05) is 20.1 Å². The number of fused-ring (bicyclic) bond motifs is 1.